The lowest BCUT2D eigenvalue weighted by atomic mass is 9.98. The Hall–Kier alpha value is -1.88. The maximum Gasteiger partial charge on any atom is 0.416 e. The van der Waals surface area contributed by atoms with E-state index in [1.807, 2.05) is 0 Å². The van der Waals surface area contributed by atoms with Gasteiger partial charge in [-0.2, -0.15) is 13.2 Å². The van der Waals surface area contributed by atoms with Gasteiger partial charge in [-0.1, -0.05) is 24.3 Å². The van der Waals surface area contributed by atoms with Crippen molar-refractivity contribution in [2.45, 2.75) is 18.6 Å². The summed E-state index contributed by atoms with van der Waals surface area (Å²) in [6.45, 7) is 0. The minimum Gasteiger partial charge on any atom is -0.313 e. The molecule has 0 aromatic heterocycles. The molecule has 2 rings (SSSR count). The van der Waals surface area contributed by atoms with E-state index in [0.29, 0.717) is 6.42 Å². The van der Waals surface area contributed by atoms with Crippen LogP contribution >= 0.6 is 0 Å². The monoisotopic (exact) mass is 297 g/mol. The summed E-state index contributed by atoms with van der Waals surface area (Å²) in [5.41, 5.74) is 0.849. The Labute approximate surface area is 120 Å². The number of benzene rings is 2. The molecule has 0 aliphatic heterocycles. The SMILES string of the molecule is CNC(Cc1ccc(C(F)(F)F)cc1)c1cccc(F)c1. The third kappa shape index (κ3) is 4.04. The Kier molecular flexibility index (Phi) is 4.63. The van der Waals surface area contributed by atoms with Crippen LogP contribution in [0, 0.1) is 5.82 Å². The Morgan fingerprint density at radius 1 is 1.05 bits per heavy atom. The van der Waals surface area contributed by atoms with E-state index in [-0.39, 0.29) is 11.9 Å². The van der Waals surface area contributed by atoms with E-state index in [2.05, 4.69) is 5.32 Å². The number of hydrogen-bond acceptors (Lipinski definition) is 1. The molecule has 0 amide bonds. The molecule has 1 nitrogen and oxygen atoms in total. The van der Waals surface area contributed by atoms with Gasteiger partial charge in [0.2, 0.25) is 0 Å². The van der Waals surface area contributed by atoms with Crippen molar-refractivity contribution in [1.82, 2.24) is 5.32 Å². The normalized spacial score (nSPS) is 13.2. The van der Waals surface area contributed by atoms with Crippen LogP contribution in [0.15, 0.2) is 48.5 Å². The van der Waals surface area contributed by atoms with Gasteiger partial charge in [0, 0.05) is 6.04 Å². The van der Waals surface area contributed by atoms with Gasteiger partial charge in [0.25, 0.3) is 0 Å². The highest BCUT2D eigenvalue weighted by Crippen LogP contribution is 2.29. The number of nitrogens with one attached hydrogen (secondary N) is 1. The van der Waals surface area contributed by atoms with Crippen molar-refractivity contribution < 1.29 is 17.6 Å². The van der Waals surface area contributed by atoms with Crippen LogP contribution < -0.4 is 5.32 Å². The molecule has 0 fully saturated rings. The smallest absolute Gasteiger partial charge is 0.313 e. The lowest BCUT2D eigenvalue weighted by Crippen LogP contribution is -2.19. The number of alkyl halides is 3. The molecular weight excluding hydrogens is 282 g/mol. The standard InChI is InChI=1S/C16H15F4N/c1-21-15(12-3-2-4-14(17)10-12)9-11-5-7-13(8-6-11)16(18,19)20/h2-8,10,15,21H,9H2,1H3. The summed E-state index contributed by atoms with van der Waals surface area (Å²) in [4.78, 5) is 0. The molecule has 5 heteroatoms. The molecule has 1 atom stereocenters. The third-order valence-corrected chi connectivity index (χ3v) is 3.32. The Morgan fingerprint density at radius 2 is 1.71 bits per heavy atom. The summed E-state index contributed by atoms with van der Waals surface area (Å²) in [6.07, 6.45) is -3.85. The summed E-state index contributed by atoms with van der Waals surface area (Å²) < 4.78 is 50.7. The highest BCUT2D eigenvalue weighted by Gasteiger charge is 2.30. The first-order valence-corrected chi connectivity index (χ1v) is 6.49. The predicted octanol–water partition coefficient (Wildman–Crippen LogP) is 4.35. The second-order valence-electron chi connectivity index (χ2n) is 4.80. The van der Waals surface area contributed by atoms with E-state index in [0.717, 1.165) is 23.3 Å². The van der Waals surface area contributed by atoms with Crippen molar-refractivity contribution in [3.8, 4) is 0 Å². The summed E-state index contributed by atoms with van der Waals surface area (Å²) >= 11 is 0. The van der Waals surface area contributed by atoms with Crippen molar-refractivity contribution in [2.75, 3.05) is 7.05 Å². The molecule has 0 bridgehead atoms. The molecular formula is C16H15F4N. The van der Waals surface area contributed by atoms with Gasteiger partial charge in [-0.15, -0.1) is 0 Å². The number of likely N-dealkylation sites (N-methyl/N-ethyl adjacent to an activating group) is 1. The second-order valence-corrected chi connectivity index (χ2v) is 4.80. The van der Waals surface area contributed by atoms with E-state index in [1.165, 1.54) is 24.3 Å². The first-order chi connectivity index (χ1) is 9.90. The minimum atomic E-state index is -4.33. The summed E-state index contributed by atoms with van der Waals surface area (Å²) in [6, 6.07) is 11.0. The Morgan fingerprint density at radius 3 is 2.24 bits per heavy atom. The van der Waals surface area contributed by atoms with Crippen molar-refractivity contribution in [3.63, 3.8) is 0 Å². The summed E-state index contributed by atoms with van der Waals surface area (Å²) in [5.74, 6) is -0.333. The molecule has 0 saturated carbocycles. The molecule has 21 heavy (non-hydrogen) atoms. The van der Waals surface area contributed by atoms with Gasteiger partial charge < -0.3 is 5.32 Å². The molecule has 112 valence electrons. The van der Waals surface area contributed by atoms with Crippen molar-refractivity contribution >= 4 is 0 Å². The zero-order valence-corrected chi connectivity index (χ0v) is 11.4. The highest BCUT2D eigenvalue weighted by molar-refractivity contribution is 5.28. The van der Waals surface area contributed by atoms with E-state index in [1.54, 1.807) is 19.2 Å². The molecule has 0 aliphatic carbocycles. The average Bonchev–Trinajstić information content (AvgIpc) is 2.44. The van der Waals surface area contributed by atoms with Crippen LogP contribution in [0.25, 0.3) is 0 Å². The largest absolute Gasteiger partial charge is 0.416 e. The zero-order chi connectivity index (χ0) is 15.5. The maximum absolute atomic E-state index is 13.2. The Bertz CT molecular complexity index is 590. The molecule has 0 radical (unpaired) electrons. The van der Waals surface area contributed by atoms with Crippen molar-refractivity contribution in [2.24, 2.45) is 0 Å². The fourth-order valence-electron chi connectivity index (χ4n) is 2.18. The van der Waals surface area contributed by atoms with E-state index >= 15 is 0 Å². The molecule has 0 spiro atoms. The molecule has 1 unspecified atom stereocenters. The van der Waals surface area contributed by atoms with Gasteiger partial charge in [-0.3, -0.25) is 0 Å². The summed E-state index contributed by atoms with van der Waals surface area (Å²) in [5, 5.41) is 3.05. The third-order valence-electron chi connectivity index (χ3n) is 3.32. The number of halogens is 4. The van der Waals surface area contributed by atoms with Crippen LogP contribution in [-0.4, -0.2) is 7.05 Å². The van der Waals surface area contributed by atoms with Crippen LogP contribution in [0.4, 0.5) is 17.6 Å². The fraction of sp³-hybridized carbons (Fsp3) is 0.250. The molecule has 0 saturated heterocycles. The van der Waals surface area contributed by atoms with Gasteiger partial charge in [0.15, 0.2) is 0 Å². The van der Waals surface area contributed by atoms with Gasteiger partial charge in [-0.25, -0.2) is 4.39 Å². The van der Waals surface area contributed by atoms with Crippen molar-refractivity contribution in [1.29, 1.82) is 0 Å². The van der Waals surface area contributed by atoms with Crippen molar-refractivity contribution in [3.05, 3.63) is 71.0 Å². The zero-order valence-electron chi connectivity index (χ0n) is 11.4. The molecule has 2 aromatic rings. The molecule has 1 N–H and O–H groups in total. The van der Waals surface area contributed by atoms with Gasteiger partial charge in [0.05, 0.1) is 5.56 Å². The van der Waals surface area contributed by atoms with Crippen LogP contribution in [-0.2, 0) is 12.6 Å². The fourth-order valence-corrected chi connectivity index (χ4v) is 2.18. The molecule has 2 aromatic carbocycles. The van der Waals surface area contributed by atoms with Crippen LogP contribution in [0.3, 0.4) is 0 Å². The highest BCUT2D eigenvalue weighted by atomic mass is 19.4. The number of rotatable bonds is 4. The van der Waals surface area contributed by atoms with Gasteiger partial charge in [0.1, 0.15) is 5.82 Å². The number of hydrogen-bond donors (Lipinski definition) is 1. The summed E-state index contributed by atoms with van der Waals surface area (Å²) in [7, 11) is 1.74. The second kappa shape index (κ2) is 6.26. The van der Waals surface area contributed by atoms with Crippen LogP contribution in [0.2, 0.25) is 0 Å². The first kappa shape index (κ1) is 15.5. The van der Waals surface area contributed by atoms with E-state index in [9.17, 15) is 17.6 Å². The molecule has 0 aliphatic rings. The predicted molar refractivity (Wildman–Crippen MR) is 73.3 cm³/mol. The van der Waals surface area contributed by atoms with Gasteiger partial charge in [-0.05, 0) is 48.9 Å². The average molecular weight is 297 g/mol. The maximum atomic E-state index is 13.2. The Balaban J connectivity index is 2.15. The van der Waals surface area contributed by atoms with Gasteiger partial charge >= 0.3 is 6.18 Å². The van der Waals surface area contributed by atoms with Crippen LogP contribution in [0.5, 0.6) is 0 Å². The van der Waals surface area contributed by atoms with E-state index < -0.39 is 11.7 Å². The molecule has 0 heterocycles. The topological polar surface area (TPSA) is 12.0 Å². The lowest BCUT2D eigenvalue weighted by Gasteiger charge is -2.17. The van der Waals surface area contributed by atoms with E-state index in [4.69, 9.17) is 0 Å². The quantitative estimate of drug-likeness (QED) is 0.827. The van der Waals surface area contributed by atoms with Crippen LogP contribution in [0.1, 0.15) is 22.7 Å². The first-order valence-electron chi connectivity index (χ1n) is 6.49. The lowest BCUT2D eigenvalue weighted by molar-refractivity contribution is -0.137. The minimum absolute atomic E-state index is 0.155.